The van der Waals surface area contributed by atoms with Gasteiger partial charge in [-0.1, -0.05) is 0 Å². The van der Waals surface area contributed by atoms with E-state index in [0.717, 1.165) is 33.9 Å². The maximum absolute atomic E-state index is 13.1. The zero-order valence-corrected chi connectivity index (χ0v) is 16.6. The molecule has 0 aliphatic carbocycles. The van der Waals surface area contributed by atoms with Crippen LogP contribution in [0.25, 0.3) is 0 Å². The van der Waals surface area contributed by atoms with Gasteiger partial charge in [-0.15, -0.1) is 0 Å². The maximum Gasteiger partial charge on any atom is 0.203 e. The number of carbonyl (C=O) groups excluding carboxylic acids is 1. The standard InChI is InChI=1S/C22H26O5/c1-7-26-22-20(25)19-16(24)8-15(23)9-17(19)27-21(22)18-13(5)11(3)10(2)12(4)14(18)6/h8-9,21-24H,7H2,1-6H3. The maximum atomic E-state index is 13.1. The Kier molecular flexibility index (Phi) is 4.91. The van der Waals surface area contributed by atoms with Crippen LogP contribution in [0.4, 0.5) is 0 Å². The Morgan fingerprint density at radius 3 is 2.07 bits per heavy atom. The van der Waals surface area contributed by atoms with E-state index in [-0.39, 0.29) is 28.6 Å². The molecular weight excluding hydrogens is 344 g/mol. The smallest absolute Gasteiger partial charge is 0.203 e. The Morgan fingerprint density at radius 2 is 1.52 bits per heavy atom. The lowest BCUT2D eigenvalue weighted by Crippen LogP contribution is -2.39. The number of phenolic OH excluding ortho intramolecular Hbond substituents is 2. The van der Waals surface area contributed by atoms with E-state index in [1.165, 1.54) is 11.6 Å². The predicted octanol–water partition coefficient (Wildman–Crippen LogP) is 4.36. The number of hydrogen-bond donors (Lipinski definition) is 2. The number of carbonyl (C=O) groups is 1. The lowest BCUT2D eigenvalue weighted by Gasteiger charge is -2.35. The highest BCUT2D eigenvalue weighted by molar-refractivity contribution is 6.05. The summed E-state index contributed by atoms with van der Waals surface area (Å²) in [6, 6.07) is 2.50. The molecule has 2 unspecified atom stereocenters. The summed E-state index contributed by atoms with van der Waals surface area (Å²) >= 11 is 0. The molecule has 2 aromatic carbocycles. The third kappa shape index (κ3) is 2.96. The lowest BCUT2D eigenvalue weighted by molar-refractivity contribution is -0.0183. The first-order chi connectivity index (χ1) is 12.7. The highest BCUT2D eigenvalue weighted by atomic mass is 16.5. The molecule has 0 radical (unpaired) electrons. The predicted molar refractivity (Wildman–Crippen MR) is 103 cm³/mol. The van der Waals surface area contributed by atoms with Gasteiger partial charge in [-0.2, -0.15) is 0 Å². The molecule has 3 rings (SSSR count). The van der Waals surface area contributed by atoms with Gasteiger partial charge in [-0.25, -0.2) is 0 Å². The molecule has 1 heterocycles. The second kappa shape index (κ2) is 6.89. The summed E-state index contributed by atoms with van der Waals surface area (Å²) in [7, 11) is 0. The monoisotopic (exact) mass is 370 g/mol. The second-order valence-electron chi connectivity index (χ2n) is 7.16. The van der Waals surface area contributed by atoms with Crippen molar-refractivity contribution in [2.75, 3.05) is 6.61 Å². The van der Waals surface area contributed by atoms with Crippen LogP contribution < -0.4 is 4.74 Å². The quantitative estimate of drug-likeness (QED) is 0.839. The summed E-state index contributed by atoms with van der Waals surface area (Å²) in [5, 5.41) is 20.0. The van der Waals surface area contributed by atoms with Gasteiger partial charge in [0.1, 0.15) is 22.8 Å². The zero-order chi connectivity index (χ0) is 20.0. The van der Waals surface area contributed by atoms with Gasteiger partial charge >= 0.3 is 0 Å². The van der Waals surface area contributed by atoms with Crippen LogP contribution in [0.5, 0.6) is 17.2 Å². The molecule has 144 valence electrons. The Labute approximate surface area is 159 Å². The van der Waals surface area contributed by atoms with Gasteiger partial charge in [-0.3, -0.25) is 4.79 Å². The zero-order valence-electron chi connectivity index (χ0n) is 16.6. The van der Waals surface area contributed by atoms with E-state index in [0.29, 0.717) is 6.61 Å². The van der Waals surface area contributed by atoms with Crippen LogP contribution in [-0.4, -0.2) is 28.7 Å². The minimum Gasteiger partial charge on any atom is -0.508 e. The highest BCUT2D eigenvalue weighted by Crippen LogP contribution is 2.45. The number of Topliss-reactive ketones (excluding diaryl/α,β-unsaturated/α-hetero) is 1. The fourth-order valence-electron chi connectivity index (χ4n) is 3.91. The number of benzene rings is 2. The first kappa shape index (κ1) is 19.2. The first-order valence-corrected chi connectivity index (χ1v) is 9.14. The molecule has 2 atom stereocenters. The van der Waals surface area contributed by atoms with Gasteiger partial charge in [0.15, 0.2) is 12.2 Å². The van der Waals surface area contributed by atoms with Crippen LogP contribution in [0.3, 0.4) is 0 Å². The van der Waals surface area contributed by atoms with Gasteiger partial charge < -0.3 is 19.7 Å². The minimum atomic E-state index is -0.864. The van der Waals surface area contributed by atoms with Crippen molar-refractivity contribution < 1.29 is 24.5 Å². The normalized spacial score (nSPS) is 19.0. The molecule has 0 aromatic heterocycles. The number of hydrogen-bond acceptors (Lipinski definition) is 5. The molecule has 0 spiro atoms. The third-order valence-electron chi connectivity index (χ3n) is 5.79. The molecule has 0 fully saturated rings. The van der Waals surface area contributed by atoms with Crippen LogP contribution in [0, 0.1) is 34.6 Å². The van der Waals surface area contributed by atoms with Crippen LogP contribution in [0.15, 0.2) is 12.1 Å². The summed E-state index contributed by atoms with van der Waals surface area (Å²) in [4.78, 5) is 13.1. The molecule has 0 saturated heterocycles. The topological polar surface area (TPSA) is 76.0 Å². The molecule has 2 N–H and O–H groups in total. The van der Waals surface area contributed by atoms with Gasteiger partial charge in [0.25, 0.3) is 0 Å². The van der Waals surface area contributed by atoms with Gasteiger partial charge in [0, 0.05) is 24.3 Å². The van der Waals surface area contributed by atoms with Gasteiger partial charge in [0.2, 0.25) is 5.78 Å². The number of fused-ring (bicyclic) bond motifs is 1. The van der Waals surface area contributed by atoms with E-state index in [2.05, 4.69) is 20.8 Å². The molecule has 2 aromatic rings. The van der Waals surface area contributed by atoms with Crippen molar-refractivity contribution >= 4 is 5.78 Å². The van der Waals surface area contributed by atoms with Crippen molar-refractivity contribution in [1.82, 2.24) is 0 Å². The summed E-state index contributed by atoms with van der Waals surface area (Å²) in [5.74, 6) is -0.622. The van der Waals surface area contributed by atoms with E-state index in [1.807, 2.05) is 20.8 Å². The Bertz CT molecular complexity index is 900. The number of ether oxygens (including phenoxy) is 2. The van der Waals surface area contributed by atoms with E-state index in [1.54, 1.807) is 0 Å². The molecule has 1 aliphatic rings. The average Bonchev–Trinajstić information content (AvgIpc) is 2.60. The second-order valence-corrected chi connectivity index (χ2v) is 7.16. The van der Waals surface area contributed by atoms with E-state index < -0.39 is 12.2 Å². The fourth-order valence-corrected chi connectivity index (χ4v) is 3.91. The average molecular weight is 370 g/mol. The number of aromatic hydroxyl groups is 2. The molecule has 5 nitrogen and oxygen atoms in total. The molecule has 1 aliphatic heterocycles. The fraction of sp³-hybridized carbons (Fsp3) is 0.409. The Morgan fingerprint density at radius 1 is 0.963 bits per heavy atom. The van der Waals surface area contributed by atoms with Crippen LogP contribution in [-0.2, 0) is 4.74 Å². The molecular formula is C22H26O5. The summed E-state index contributed by atoms with van der Waals surface area (Å²) < 4.78 is 11.9. The van der Waals surface area contributed by atoms with Crippen molar-refractivity contribution in [3.63, 3.8) is 0 Å². The Balaban J connectivity index is 2.25. The lowest BCUT2D eigenvalue weighted by atomic mass is 9.83. The molecule has 27 heavy (non-hydrogen) atoms. The number of ketones is 1. The van der Waals surface area contributed by atoms with Crippen LogP contribution in [0.2, 0.25) is 0 Å². The summed E-state index contributed by atoms with van der Waals surface area (Å²) in [5.41, 5.74) is 6.64. The van der Waals surface area contributed by atoms with Crippen molar-refractivity contribution in [3.05, 3.63) is 51.1 Å². The van der Waals surface area contributed by atoms with E-state index in [9.17, 15) is 15.0 Å². The summed E-state index contributed by atoms with van der Waals surface area (Å²) in [6.45, 7) is 12.4. The van der Waals surface area contributed by atoms with Gasteiger partial charge in [-0.05, 0) is 69.4 Å². The molecule has 5 heteroatoms. The molecule has 0 bridgehead atoms. The minimum absolute atomic E-state index is 0.0540. The number of phenols is 2. The Hall–Kier alpha value is -2.53. The SMILES string of the molecule is CCOC1C(=O)c2c(O)cc(O)cc2OC1c1c(C)c(C)c(C)c(C)c1C. The summed E-state index contributed by atoms with van der Waals surface area (Å²) in [6.07, 6.45) is -1.51. The van der Waals surface area contributed by atoms with Crippen LogP contribution >= 0.6 is 0 Å². The molecule has 0 saturated carbocycles. The van der Waals surface area contributed by atoms with E-state index >= 15 is 0 Å². The number of rotatable bonds is 3. The van der Waals surface area contributed by atoms with Gasteiger partial charge in [0.05, 0.1) is 0 Å². The van der Waals surface area contributed by atoms with Crippen molar-refractivity contribution in [1.29, 1.82) is 0 Å². The third-order valence-corrected chi connectivity index (χ3v) is 5.79. The van der Waals surface area contributed by atoms with Crippen LogP contribution in [0.1, 0.15) is 56.8 Å². The molecule has 0 amide bonds. The van der Waals surface area contributed by atoms with E-state index in [4.69, 9.17) is 9.47 Å². The highest BCUT2D eigenvalue weighted by Gasteiger charge is 2.42. The van der Waals surface area contributed by atoms with Crippen molar-refractivity contribution in [2.45, 2.75) is 53.8 Å². The largest absolute Gasteiger partial charge is 0.508 e. The van der Waals surface area contributed by atoms with Crippen molar-refractivity contribution in [2.24, 2.45) is 0 Å². The van der Waals surface area contributed by atoms with Crippen molar-refractivity contribution in [3.8, 4) is 17.2 Å². The first-order valence-electron chi connectivity index (χ1n) is 9.14.